The zero-order chi connectivity index (χ0) is 19.3. The van der Waals surface area contributed by atoms with E-state index in [2.05, 4.69) is 0 Å². The van der Waals surface area contributed by atoms with Crippen LogP contribution in [0.2, 0.25) is 0 Å². The lowest BCUT2D eigenvalue weighted by molar-refractivity contribution is -0.137. The highest BCUT2D eigenvalue weighted by atomic mass is 19.4. The molecule has 4 heteroatoms. The summed E-state index contributed by atoms with van der Waals surface area (Å²) in [7, 11) is 0. The summed E-state index contributed by atoms with van der Waals surface area (Å²) in [5.41, 5.74) is 1.67. The van der Waals surface area contributed by atoms with Gasteiger partial charge in [-0.2, -0.15) is 13.2 Å². The van der Waals surface area contributed by atoms with E-state index in [0.29, 0.717) is 5.56 Å². The molecule has 0 saturated carbocycles. The molecule has 0 aliphatic carbocycles. The maximum atomic E-state index is 12.7. The van der Waals surface area contributed by atoms with Crippen molar-refractivity contribution < 1.29 is 18.3 Å². The number of halogens is 3. The van der Waals surface area contributed by atoms with Crippen LogP contribution in [0.3, 0.4) is 0 Å². The van der Waals surface area contributed by atoms with Crippen molar-refractivity contribution in [3.8, 4) is 0 Å². The lowest BCUT2D eigenvalue weighted by Crippen LogP contribution is -2.08. The fourth-order valence-electron chi connectivity index (χ4n) is 2.93. The van der Waals surface area contributed by atoms with E-state index in [9.17, 15) is 18.3 Å². The maximum Gasteiger partial charge on any atom is 0.416 e. The molecule has 0 fully saturated rings. The Hall–Kier alpha value is -2.85. The molecule has 0 unspecified atom stereocenters. The summed E-state index contributed by atoms with van der Waals surface area (Å²) >= 11 is 0. The predicted octanol–water partition coefficient (Wildman–Crippen LogP) is 6.24. The first-order valence-corrected chi connectivity index (χ1v) is 8.58. The Morgan fingerprint density at radius 2 is 1.22 bits per heavy atom. The van der Waals surface area contributed by atoms with Gasteiger partial charge in [0.1, 0.15) is 0 Å². The third kappa shape index (κ3) is 4.86. The molecule has 0 aliphatic rings. The van der Waals surface area contributed by atoms with Gasteiger partial charge in [0.25, 0.3) is 0 Å². The first kappa shape index (κ1) is 18.9. The summed E-state index contributed by atoms with van der Waals surface area (Å²) in [5.74, 6) is -0.323. The van der Waals surface area contributed by atoms with Gasteiger partial charge in [-0.1, -0.05) is 84.9 Å². The Bertz CT molecular complexity index is 869. The molecular weight excluding hydrogens is 349 g/mol. The quantitative estimate of drug-likeness (QED) is 0.565. The lowest BCUT2D eigenvalue weighted by atomic mass is 9.88. The van der Waals surface area contributed by atoms with Crippen molar-refractivity contribution in [1.29, 1.82) is 0 Å². The highest BCUT2D eigenvalue weighted by molar-refractivity contribution is 5.52. The Kier molecular flexibility index (Phi) is 5.77. The average molecular weight is 368 g/mol. The van der Waals surface area contributed by atoms with E-state index in [1.54, 1.807) is 6.08 Å². The lowest BCUT2D eigenvalue weighted by Gasteiger charge is -2.21. The van der Waals surface area contributed by atoms with Crippen LogP contribution < -0.4 is 0 Å². The third-order valence-corrected chi connectivity index (χ3v) is 4.40. The summed E-state index contributed by atoms with van der Waals surface area (Å²) in [4.78, 5) is 0. The Balaban J connectivity index is 1.88. The molecule has 0 spiro atoms. The van der Waals surface area contributed by atoms with E-state index in [0.717, 1.165) is 23.3 Å². The zero-order valence-corrected chi connectivity index (χ0v) is 14.5. The van der Waals surface area contributed by atoms with Crippen LogP contribution in [-0.2, 0) is 6.18 Å². The minimum Gasteiger partial charge on any atom is -0.387 e. The minimum absolute atomic E-state index is 0.323. The second-order valence-electron chi connectivity index (χ2n) is 6.27. The molecule has 0 bridgehead atoms. The standard InChI is InChI=1S/C23H19F3O/c24-23(25,26)20-14-11-17(12-15-20)13-16-21(18-7-3-1-4-8-18)22(27)19-9-5-2-6-10-19/h1-16,21-22,27H/b16-13+/t21-,22-/m0/s1. The molecule has 0 heterocycles. The second-order valence-corrected chi connectivity index (χ2v) is 6.27. The van der Waals surface area contributed by atoms with Crippen molar-refractivity contribution in [3.05, 3.63) is 113 Å². The van der Waals surface area contributed by atoms with E-state index in [-0.39, 0.29) is 5.92 Å². The van der Waals surface area contributed by atoms with Gasteiger partial charge in [-0.15, -0.1) is 0 Å². The summed E-state index contributed by atoms with van der Waals surface area (Å²) in [6, 6.07) is 23.8. The van der Waals surface area contributed by atoms with Crippen LogP contribution in [0.15, 0.2) is 91.0 Å². The molecule has 0 aromatic heterocycles. The molecule has 3 aromatic carbocycles. The number of hydrogen-bond donors (Lipinski definition) is 1. The van der Waals surface area contributed by atoms with Crippen LogP contribution in [0.1, 0.15) is 34.3 Å². The first-order valence-electron chi connectivity index (χ1n) is 8.58. The van der Waals surface area contributed by atoms with Gasteiger partial charge in [0.2, 0.25) is 0 Å². The van der Waals surface area contributed by atoms with Crippen molar-refractivity contribution in [2.24, 2.45) is 0 Å². The van der Waals surface area contributed by atoms with Gasteiger partial charge in [0, 0.05) is 5.92 Å². The van der Waals surface area contributed by atoms with Gasteiger partial charge >= 0.3 is 6.18 Å². The number of aliphatic hydroxyl groups is 1. The molecule has 2 atom stereocenters. The van der Waals surface area contributed by atoms with Crippen LogP contribution in [0, 0.1) is 0 Å². The normalized spacial score (nSPS) is 14.2. The molecule has 27 heavy (non-hydrogen) atoms. The van der Waals surface area contributed by atoms with Crippen molar-refractivity contribution >= 4 is 6.08 Å². The van der Waals surface area contributed by atoms with Gasteiger partial charge in [0.05, 0.1) is 11.7 Å². The Morgan fingerprint density at radius 1 is 0.704 bits per heavy atom. The zero-order valence-electron chi connectivity index (χ0n) is 14.5. The van der Waals surface area contributed by atoms with Gasteiger partial charge in [-0.3, -0.25) is 0 Å². The van der Waals surface area contributed by atoms with Crippen LogP contribution in [0.4, 0.5) is 13.2 Å². The minimum atomic E-state index is -4.35. The monoisotopic (exact) mass is 368 g/mol. The van der Waals surface area contributed by atoms with E-state index in [1.165, 1.54) is 12.1 Å². The van der Waals surface area contributed by atoms with Gasteiger partial charge in [-0.05, 0) is 28.8 Å². The summed E-state index contributed by atoms with van der Waals surface area (Å²) < 4.78 is 38.1. The summed E-state index contributed by atoms with van der Waals surface area (Å²) in [6.07, 6.45) is -1.54. The maximum absolute atomic E-state index is 12.7. The Morgan fingerprint density at radius 3 is 1.74 bits per heavy atom. The van der Waals surface area contributed by atoms with E-state index in [1.807, 2.05) is 66.7 Å². The first-order chi connectivity index (χ1) is 12.9. The van der Waals surface area contributed by atoms with Crippen LogP contribution in [0.5, 0.6) is 0 Å². The van der Waals surface area contributed by atoms with Crippen molar-refractivity contribution in [2.75, 3.05) is 0 Å². The molecular formula is C23H19F3O. The number of alkyl halides is 3. The number of aliphatic hydroxyl groups excluding tert-OH is 1. The molecule has 138 valence electrons. The smallest absolute Gasteiger partial charge is 0.387 e. The molecule has 3 aromatic rings. The molecule has 1 nitrogen and oxygen atoms in total. The van der Waals surface area contributed by atoms with Gasteiger partial charge in [0.15, 0.2) is 0 Å². The van der Waals surface area contributed by atoms with E-state index in [4.69, 9.17) is 0 Å². The average Bonchev–Trinajstić information content (AvgIpc) is 2.69. The highest BCUT2D eigenvalue weighted by Crippen LogP contribution is 2.33. The van der Waals surface area contributed by atoms with E-state index < -0.39 is 17.8 Å². The molecule has 0 radical (unpaired) electrons. The fraction of sp³-hybridized carbons (Fsp3) is 0.130. The molecule has 1 N–H and O–H groups in total. The van der Waals surface area contributed by atoms with Crippen molar-refractivity contribution in [3.63, 3.8) is 0 Å². The summed E-state index contributed by atoms with van der Waals surface area (Å²) in [6.45, 7) is 0. The molecule has 3 rings (SSSR count). The third-order valence-electron chi connectivity index (χ3n) is 4.40. The van der Waals surface area contributed by atoms with E-state index >= 15 is 0 Å². The van der Waals surface area contributed by atoms with Crippen LogP contribution >= 0.6 is 0 Å². The number of hydrogen-bond acceptors (Lipinski definition) is 1. The topological polar surface area (TPSA) is 20.2 Å². The van der Waals surface area contributed by atoms with Crippen molar-refractivity contribution in [1.82, 2.24) is 0 Å². The fourth-order valence-corrected chi connectivity index (χ4v) is 2.93. The van der Waals surface area contributed by atoms with Crippen molar-refractivity contribution in [2.45, 2.75) is 18.2 Å². The number of benzene rings is 3. The van der Waals surface area contributed by atoms with Gasteiger partial charge in [-0.25, -0.2) is 0 Å². The SMILES string of the molecule is O[C@@H](c1ccccc1)[C@@H](/C=C/c1ccc(C(F)(F)F)cc1)c1ccccc1. The van der Waals surface area contributed by atoms with Gasteiger partial charge < -0.3 is 5.11 Å². The highest BCUT2D eigenvalue weighted by Gasteiger charge is 2.29. The van der Waals surface area contributed by atoms with Crippen LogP contribution in [-0.4, -0.2) is 5.11 Å². The number of rotatable bonds is 5. The molecule has 0 aliphatic heterocycles. The molecule has 0 saturated heterocycles. The molecule has 0 amide bonds. The van der Waals surface area contributed by atoms with Crippen LogP contribution in [0.25, 0.3) is 6.08 Å². The second kappa shape index (κ2) is 8.23. The summed E-state index contributed by atoms with van der Waals surface area (Å²) in [5, 5.41) is 10.9. The Labute approximate surface area is 156 Å². The predicted molar refractivity (Wildman–Crippen MR) is 101 cm³/mol. The largest absolute Gasteiger partial charge is 0.416 e.